The third-order valence-corrected chi connectivity index (χ3v) is 3.35. The molecule has 0 saturated carbocycles. The zero-order valence-electron chi connectivity index (χ0n) is 12.5. The molecule has 0 aliphatic carbocycles. The Kier molecular flexibility index (Phi) is 4.57. The van der Waals surface area contributed by atoms with E-state index < -0.39 is 17.8 Å². The first-order valence-corrected chi connectivity index (χ1v) is 7.17. The Morgan fingerprint density at radius 2 is 2.00 bits per heavy atom. The molecule has 1 amide bonds. The van der Waals surface area contributed by atoms with Crippen LogP contribution in [0.5, 0.6) is 0 Å². The normalized spacial score (nSPS) is 11.9. The Bertz CT molecular complexity index is 837. The van der Waals surface area contributed by atoms with Crippen molar-refractivity contribution >= 4 is 5.91 Å². The van der Waals surface area contributed by atoms with Gasteiger partial charge in [0.15, 0.2) is 11.9 Å². The molecule has 3 rings (SSSR count). The molecule has 1 aromatic carbocycles. The van der Waals surface area contributed by atoms with Gasteiger partial charge in [-0.25, -0.2) is 9.37 Å². The molecule has 0 aliphatic heterocycles. The molecule has 7 nitrogen and oxygen atoms in total. The maximum absolute atomic E-state index is 13.6. The maximum Gasteiger partial charge on any atom is 0.253 e. The van der Waals surface area contributed by atoms with E-state index in [2.05, 4.69) is 25.5 Å². The Balaban J connectivity index is 1.63. The number of aliphatic hydroxyl groups excluding tert-OH is 1. The molecule has 122 valence electrons. The number of H-pyrrole nitrogens is 1. The number of pyridine rings is 1. The number of aromatic nitrogens is 4. The SMILES string of the molecule is O=C(NCc1nc(-c2ccncc2)n[nH]1)[C@@H](O)c1ccccc1F. The molecule has 3 aromatic rings. The number of carbonyl (C=O) groups is 1. The molecule has 0 unspecified atom stereocenters. The van der Waals surface area contributed by atoms with Crippen LogP contribution in [0.25, 0.3) is 11.4 Å². The fraction of sp³-hybridized carbons (Fsp3) is 0.125. The summed E-state index contributed by atoms with van der Waals surface area (Å²) in [5, 5.41) is 19.2. The third kappa shape index (κ3) is 3.44. The topological polar surface area (TPSA) is 104 Å². The van der Waals surface area contributed by atoms with E-state index in [1.165, 1.54) is 18.2 Å². The number of carbonyl (C=O) groups excluding carboxylic acids is 1. The summed E-state index contributed by atoms with van der Waals surface area (Å²) in [6.07, 6.45) is 1.66. The van der Waals surface area contributed by atoms with Crippen LogP contribution in [0.3, 0.4) is 0 Å². The van der Waals surface area contributed by atoms with Crippen molar-refractivity contribution in [1.29, 1.82) is 0 Å². The number of nitrogens with zero attached hydrogens (tertiary/aromatic N) is 3. The van der Waals surface area contributed by atoms with E-state index in [1.807, 2.05) is 0 Å². The molecule has 8 heteroatoms. The fourth-order valence-corrected chi connectivity index (χ4v) is 2.11. The summed E-state index contributed by atoms with van der Waals surface area (Å²) in [5.74, 6) is -0.478. The number of hydrogen-bond acceptors (Lipinski definition) is 5. The van der Waals surface area contributed by atoms with Crippen molar-refractivity contribution in [3.63, 3.8) is 0 Å². The minimum atomic E-state index is -1.59. The van der Waals surface area contributed by atoms with Crippen LogP contribution in [0.1, 0.15) is 17.5 Å². The summed E-state index contributed by atoms with van der Waals surface area (Å²) >= 11 is 0. The number of rotatable bonds is 5. The van der Waals surface area contributed by atoms with Crippen molar-refractivity contribution < 1.29 is 14.3 Å². The molecule has 0 bridgehead atoms. The minimum absolute atomic E-state index is 0.0302. The number of amides is 1. The largest absolute Gasteiger partial charge is 0.378 e. The van der Waals surface area contributed by atoms with Crippen LogP contribution < -0.4 is 5.32 Å². The standard InChI is InChI=1S/C16H14FN5O2/c17-12-4-2-1-3-11(12)14(23)16(24)19-9-13-20-15(22-21-13)10-5-7-18-8-6-10/h1-8,14,23H,9H2,(H,19,24)(H,20,21,22)/t14-/m0/s1. The van der Waals surface area contributed by atoms with E-state index in [-0.39, 0.29) is 12.1 Å². The number of hydrogen-bond donors (Lipinski definition) is 3. The molecule has 2 heterocycles. The van der Waals surface area contributed by atoms with Crippen LogP contribution in [0, 0.1) is 5.82 Å². The Hall–Kier alpha value is -3.13. The molecule has 0 spiro atoms. The fourth-order valence-electron chi connectivity index (χ4n) is 2.11. The van der Waals surface area contributed by atoms with Gasteiger partial charge in [-0.1, -0.05) is 18.2 Å². The van der Waals surface area contributed by atoms with E-state index >= 15 is 0 Å². The highest BCUT2D eigenvalue weighted by Crippen LogP contribution is 2.17. The second kappa shape index (κ2) is 6.97. The van der Waals surface area contributed by atoms with Crippen LogP contribution in [-0.4, -0.2) is 31.2 Å². The summed E-state index contributed by atoms with van der Waals surface area (Å²) in [5.41, 5.74) is 0.704. The second-order valence-electron chi connectivity index (χ2n) is 4.98. The lowest BCUT2D eigenvalue weighted by Crippen LogP contribution is -2.29. The van der Waals surface area contributed by atoms with Gasteiger partial charge in [0, 0.05) is 23.5 Å². The monoisotopic (exact) mass is 327 g/mol. The number of benzene rings is 1. The van der Waals surface area contributed by atoms with Crippen LogP contribution in [0.15, 0.2) is 48.8 Å². The van der Waals surface area contributed by atoms with Crippen molar-refractivity contribution in [2.75, 3.05) is 0 Å². The highest BCUT2D eigenvalue weighted by atomic mass is 19.1. The van der Waals surface area contributed by atoms with Gasteiger partial charge < -0.3 is 10.4 Å². The Morgan fingerprint density at radius 3 is 2.75 bits per heavy atom. The van der Waals surface area contributed by atoms with Gasteiger partial charge in [0.2, 0.25) is 0 Å². The van der Waals surface area contributed by atoms with Gasteiger partial charge in [0.1, 0.15) is 11.6 Å². The Morgan fingerprint density at radius 1 is 1.25 bits per heavy atom. The van der Waals surface area contributed by atoms with Crippen LogP contribution >= 0.6 is 0 Å². The van der Waals surface area contributed by atoms with Crippen molar-refractivity contribution in [3.05, 3.63) is 66.0 Å². The van der Waals surface area contributed by atoms with Gasteiger partial charge in [-0.15, -0.1) is 0 Å². The van der Waals surface area contributed by atoms with Gasteiger partial charge in [-0.05, 0) is 18.2 Å². The van der Waals surface area contributed by atoms with Gasteiger partial charge in [0.05, 0.1) is 6.54 Å². The molecular formula is C16H14FN5O2. The van der Waals surface area contributed by atoms with Crippen LogP contribution in [0.4, 0.5) is 4.39 Å². The molecule has 2 aromatic heterocycles. The lowest BCUT2D eigenvalue weighted by molar-refractivity contribution is -0.130. The van der Waals surface area contributed by atoms with Crippen molar-refractivity contribution in [3.8, 4) is 11.4 Å². The molecule has 3 N–H and O–H groups in total. The molecule has 0 aliphatic rings. The molecular weight excluding hydrogens is 313 g/mol. The predicted molar refractivity (Wildman–Crippen MR) is 82.8 cm³/mol. The quantitative estimate of drug-likeness (QED) is 0.656. The molecule has 24 heavy (non-hydrogen) atoms. The third-order valence-electron chi connectivity index (χ3n) is 3.35. The molecule has 0 fully saturated rings. The van der Waals surface area contributed by atoms with Gasteiger partial charge in [-0.2, -0.15) is 5.10 Å². The van der Waals surface area contributed by atoms with E-state index in [0.29, 0.717) is 11.6 Å². The predicted octanol–water partition coefficient (Wildman–Crippen LogP) is 1.36. The van der Waals surface area contributed by atoms with E-state index in [9.17, 15) is 14.3 Å². The lowest BCUT2D eigenvalue weighted by atomic mass is 10.1. The highest BCUT2D eigenvalue weighted by Gasteiger charge is 2.20. The number of aliphatic hydroxyl groups is 1. The number of aromatic amines is 1. The smallest absolute Gasteiger partial charge is 0.253 e. The first-order valence-electron chi connectivity index (χ1n) is 7.17. The van der Waals surface area contributed by atoms with Gasteiger partial charge >= 0.3 is 0 Å². The maximum atomic E-state index is 13.6. The minimum Gasteiger partial charge on any atom is -0.378 e. The van der Waals surface area contributed by atoms with Crippen molar-refractivity contribution in [1.82, 2.24) is 25.5 Å². The average Bonchev–Trinajstić information content (AvgIpc) is 3.09. The van der Waals surface area contributed by atoms with Crippen molar-refractivity contribution in [2.45, 2.75) is 12.6 Å². The zero-order chi connectivity index (χ0) is 16.9. The number of halogens is 1. The highest BCUT2D eigenvalue weighted by molar-refractivity contribution is 5.81. The van der Waals surface area contributed by atoms with E-state index in [1.54, 1.807) is 30.6 Å². The second-order valence-corrected chi connectivity index (χ2v) is 4.98. The lowest BCUT2D eigenvalue weighted by Gasteiger charge is -2.11. The summed E-state index contributed by atoms with van der Waals surface area (Å²) in [7, 11) is 0. The van der Waals surface area contributed by atoms with E-state index in [4.69, 9.17) is 0 Å². The van der Waals surface area contributed by atoms with Crippen LogP contribution in [-0.2, 0) is 11.3 Å². The van der Waals surface area contributed by atoms with Crippen LogP contribution in [0.2, 0.25) is 0 Å². The van der Waals surface area contributed by atoms with Crippen molar-refractivity contribution in [2.24, 2.45) is 0 Å². The zero-order valence-corrected chi connectivity index (χ0v) is 12.5. The molecule has 1 atom stereocenters. The summed E-state index contributed by atoms with van der Waals surface area (Å²) < 4.78 is 13.6. The average molecular weight is 327 g/mol. The van der Waals surface area contributed by atoms with E-state index in [0.717, 1.165) is 5.56 Å². The Labute approximate surface area is 136 Å². The first-order chi connectivity index (χ1) is 11.6. The summed E-state index contributed by atoms with van der Waals surface area (Å²) in [4.78, 5) is 20.1. The number of nitrogens with one attached hydrogen (secondary N) is 2. The first kappa shape index (κ1) is 15.8. The summed E-state index contributed by atoms with van der Waals surface area (Å²) in [6, 6.07) is 9.09. The summed E-state index contributed by atoms with van der Waals surface area (Å²) in [6.45, 7) is 0.0302. The van der Waals surface area contributed by atoms with Gasteiger partial charge in [0.25, 0.3) is 5.91 Å². The molecule has 0 saturated heterocycles. The molecule has 0 radical (unpaired) electrons. The van der Waals surface area contributed by atoms with Gasteiger partial charge in [-0.3, -0.25) is 14.9 Å².